The lowest BCUT2D eigenvalue weighted by atomic mass is 9.82. The van der Waals surface area contributed by atoms with Crippen molar-refractivity contribution in [2.75, 3.05) is 19.6 Å². The largest absolute Gasteiger partial charge is 0.356 e. The Morgan fingerprint density at radius 2 is 1.65 bits per heavy atom. The maximum absolute atomic E-state index is 12.6. The van der Waals surface area contributed by atoms with E-state index in [1.807, 2.05) is 0 Å². The van der Waals surface area contributed by atoms with E-state index >= 15 is 0 Å². The molecule has 2 rings (SSSR count). The molecular weight excluding hydrogens is 288 g/mol. The van der Waals surface area contributed by atoms with Crippen molar-refractivity contribution >= 4 is 11.8 Å². The van der Waals surface area contributed by atoms with Crippen LogP contribution in [0.3, 0.4) is 0 Å². The van der Waals surface area contributed by atoms with E-state index in [1.54, 1.807) is 6.92 Å². The second-order valence-corrected chi connectivity index (χ2v) is 7.70. The highest BCUT2D eigenvalue weighted by atomic mass is 16.2. The van der Waals surface area contributed by atoms with Crippen molar-refractivity contribution in [2.45, 2.75) is 71.6 Å². The Bertz CT molecular complexity index is 381. The lowest BCUT2D eigenvalue weighted by Crippen LogP contribution is -2.42. The average Bonchev–Trinajstić information content (AvgIpc) is 2.55. The SMILES string of the molecule is CC(=O)NCCCCC1CCN(C(=O)C2CCC(C)CC2)CC1. The Morgan fingerprint density at radius 1 is 1.00 bits per heavy atom. The normalized spacial score (nSPS) is 26.1. The predicted octanol–water partition coefficient (Wildman–Crippen LogP) is 3.36. The molecule has 2 amide bonds. The number of likely N-dealkylation sites (tertiary alicyclic amines) is 1. The Kier molecular flexibility index (Phi) is 7.38. The molecule has 1 N–H and O–H groups in total. The van der Waals surface area contributed by atoms with E-state index in [9.17, 15) is 9.59 Å². The molecule has 0 unspecified atom stereocenters. The highest BCUT2D eigenvalue weighted by molar-refractivity contribution is 5.79. The lowest BCUT2D eigenvalue weighted by Gasteiger charge is -2.36. The van der Waals surface area contributed by atoms with Gasteiger partial charge in [-0.15, -0.1) is 0 Å². The minimum absolute atomic E-state index is 0.0638. The summed E-state index contributed by atoms with van der Waals surface area (Å²) in [6.07, 6.45) is 10.5. The summed E-state index contributed by atoms with van der Waals surface area (Å²) < 4.78 is 0. The van der Waals surface area contributed by atoms with Gasteiger partial charge in [0, 0.05) is 32.5 Å². The summed E-state index contributed by atoms with van der Waals surface area (Å²) in [6.45, 7) is 6.59. The van der Waals surface area contributed by atoms with Crippen molar-refractivity contribution < 1.29 is 9.59 Å². The molecule has 1 aliphatic carbocycles. The fourth-order valence-corrected chi connectivity index (χ4v) is 4.03. The third-order valence-corrected chi connectivity index (χ3v) is 5.70. The highest BCUT2D eigenvalue weighted by Crippen LogP contribution is 2.31. The van der Waals surface area contributed by atoms with Crippen LogP contribution in [0.25, 0.3) is 0 Å². The van der Waals surface area contributed by atoms with Crippen molar-refractivity contribution in [2.24, 2.45) is 17.8 Å². The van der Waals surface area contributed by atoms with E-state index in [1.165, 1.54) is 25.7 Å². The first-order valence-corrected chi connectivity index (χ1v) is 9.59. The first-order valence-electron chi connectivity index (χ1n) is 9.59. The summed E-state index contributed by atoms with van der Waals surface area (Å²) in [6, 6.07) is 0. The molecule has 4 nitrogen and oxygen atoms in total. The predicted molar refractivity (Wildman–Crippen MR) is 93.0 cm³/mol. The van der Waals surface area contributed by atoms with Gasteiger partial charge in [0.2, 0.25) is 11.8 Å². The molecule has 0 atom stereocenters. The molecule has 1 saturated carbocycles. The summed E-state index contributed by atoms with van der Waals surface area (Å²) in [5.74, 6) is 2.38. The van der Waals surface area contributed by atoms with E-state index in [2.05, 4.69) is 17.1 Å². The molecule has 0 radical (unpaired) electrons. The molecule has 132 valence electrons. The first-order chi connectivity index (χ1) is 11.1. The molecule has 1 saturated heterocycles. The molecule has 4 heteroatoms. The van der Waals surface area contributed by atoms with Gasteiger partial charge in [-0.05, 0) is 56.8 Å². The second-order valence-electron chi connectivity index (χ2n) is 7.70. The van der Waals surface area contributed by atoms with Gasteiger partial charge >= 0.3 is 0 Å². The average molecular weight is 322 g/mol. The number of unbranched alkanes of at least 4 members (excludes halogenated alkanes) is 1. The zero-order valence-electron chi connectivity index (χ0n) is 15.0. The van der Waals surface area contributed by atoms with Crippen LogP contribution in [-0.2, 0) is 9.59 Å². The third kappa shape index (κ3) is 6.15. The molecule has 1 heterocycles. The van der Waals surface area contributed by atoms with Gasteiger partial charge < -0.3 is 10.2 Å². The number of hydrogen-bond acceptors (Lipinski definition) is 2. The van der Waals surface area contributed by atoms with Crippen molar-refractivity contribution in [3.63, 3.8) is 0 Å². The summed E-state index contributed by atoms with van der Waals surface area (Å²) >= 11 is 0. The fourth-order valence-electron chi connectivity index (χ4n) is 4.03. The van der Waals surface area contributed by atoms with Gasteiger partial charge in [-0.25, -0.2) is 0 Å². The first kappa shape index (κ1) is 18.3. The number of nitrogens with one attached hydrogen (secondary N) is 1. The van der Waals surface area contributed by atoms with Crippen LogP contribution in [-0.4, -0.2) is 36.3 Å². The van der Waals surface area contributed by atoms with Gasteiger partial charge in [0.1, 0.15) is 0 Å². The Labute approximate surface area is 141 Å². The molecule has 0 aromatic carbocycles. The number of nitrogens with zero attached hydrogens (tertiary/aromatic N) is 1. The van der Waals surface area contributed by atoms with Crippen LogP contribution >= 0.6 is 0 Å². The van der Waals surface area contributed by atoms with Gasteiger partial charge in [0.05, 0.1) is 0 Å². The van der Waals surface area contributed by atoms with Crippen LogP contribution in [0.5, 0.6) is 0 Å². The highest BCUT2D eigenvalue weighted by Gasteiger charge is 2.30. The van der Waals surface area contributed by atoms with Crippen LogP contribution in [0.15, 0.2) is 0 Å². The molecule has 23 heavy (non-hydrogen) atoms. The molecule has 1 aliphatic heterocycles. The number of amides is 2. The monoisotopic (exact) mass is 322 g/mol. The van der Waals surface area contributed by atoms with Gasteiger partial charge in [-0.1, -0.05) is 19.8 Å². The standard InChI is InChI=1S/C19H34N2O2/c1-15-6-8-18(9-7-15)19(23)21-13-10-17(11-14-21)5-3-4-12-20-16(2)22/h15,17-18H,3-14H2,1-2H3,(H,20,22). The molecule has 2 aliphatic rings. The van der Waals surface area contributed by atoms with E-state index < -0.39 is 0 Å². The Hall–Kier alpha value is -1.06. The van der Waals surface area contributed by atoms with Crippen LogP contribution in [0.4, 0.5) is 0 Å². The Morgan fingerprint density at radius 3 is 2.26 bits per heavy atom. The number of piperidine rings is 1. The fraction of sp³-hybridized carbons (Fsp3) is 0.895. The van der Waals surface area contributed by atoms with Crippen LogP contribution < -0.4 is 5.32 Å². The number of carbonyl (C=O) groups excluding carboxylic acids is 2. The molecular formula is C19H34N2O2. The van der Waals surface area contributed by atoms with Crippen molar-refractivity contribution in [3.05, 3.63) is 0 Å². The maximum atomic E-state index is 12.6. The zero-order valence-corrected chi connectivity index (χ0v) is 15.0. The Balaban J connectivity index is 1.60. The van der Waals surface area contributed by atoms with Crippen LogP contribution in [0.2, 0.25) is 0 Å². The quantitative estimate of drug-likeness (QED) is 0.762. The van der Waals surface area contributed by atoms with Gasteiger partial charge in [0.15, 0.2) is 0 Å². The second kappa shape index (κ2) is 9.29. The van der Waals surface area contributed by atoms with Gasteiger partial charge in [-0.2, -0.15) is 0 Å². The van der Waals surface area contributed by atoms with E-state index in [-0.39, 0.29) is 5.91 Å². The molecule has 0 aromatic rings. The number of rotatable bonds is 6. The number of carbonyl (C=O) groups is 2. The van der Waals surface area contributed by atoms with E-state index in [4.69, 9.17) is 0 Å². The van der Waals surface area contributed by atoms with Crippen LogP contribution in [0, 0.1) is 17.8 Å². The number of hydrogen-bond donors (Lipinski definition) is 1. The van der Waals surface area contributed by atoms with E-state index in [0.29, 0.717) is 11.8 Å². The molecule has 2 fully saturated rings. The smallest absolute Gasteiger partial charge is 0.225 e. The topological polar surface area (TPSA) is 49.4 Å². The molecule has 0 bridgehead atoms. The molecule has 0 aromatic heterocycles. The minimum Gasteiger partial charge on any atom is -0.356 e. The van der Waals surface area contributed by atoms with Crippen LogP contribution in [0.1, 0.15) is 71.6 Å². The van der Waals surface area contributed by atoms with Crippen molar-refractivity contribution in [1.82, 2.24) is 10.2 Å². The van der Waals surface area contributed by atoms with Gasteiger partial charge in [-0.3, -0.25) is 9.59 Å². The lowest BCUT2D eigenvalue weighted by molar-refractivity contribution is -0.138. The maximum Gasteiger partial charge on any atom is 0.225 e. The van der Waals surface area contributed by atoms with Crippen molar-refractivity contribution in [1.29, 1.82) is 0 Å². The summed E-state index contributed by atoms with van der Waals surface area (Å²) in [5.41, 5.74) is 0. The summed E-state index contributed by atoms with van der Waals surface area (Å²) in [5, 5.41) is 2.85. The third-order valence-electron chi connectivity index (χ3n) is 5.70. The van der Waals surface area contributed by atoms with Gasteiger partial charge in [0.25, 0.3) is 0 Å². The summed E-state index contributed by atoms with van der Waals surface area (Å²) in [4.78, 5) is 25.6. The van der Waals surface area contributed by atoms with Crippen molar-refractivity contribution in [3.8, 4) is 0 Å². The minimum atomic E-state index is 0.0638. The summed E-state index contributed by atoms with van der Waals surface area (Å²) in [7, 11) is 0. The zero-order chi connectivity index (χ0) is 16.7. The van der Waals surface area contributed by atoms with E-state index in [0.717, 1.165) is 63.6 Å². The molecule has 0 spiro atoms.